The number of likely N-dealkylation sites (tertiary alicyclic amines) is 1. The normalized spacial score (nSPS) is 17.6. The second-order valence-corrected chi connectivity index (χ2v) is 8.06. The molecule has 1 aliphatic heterocycles. The Bertz CT molecular complexity index is 1090. The van der Waals surface area contributed by atoms with Crippen molar-refractivity contribution >= 4 is 17.4 Å². The van der Waals surface area contributed by atoms with Gasteiger partial charge in [0.1, 0.15) is 11.5 Å². The molecule has 8 nitrogen and oxygen atoms in total. The van der Waals surface area contributed by atoms with Gasteiger partial charge in [0.05, 0.1) is 31.4 Å². The number of ether oxygens (including phenoxy) is 3. The van der Waals surface area contributed by atoms with Gasteiger partial charge in [0.25, 0.3) is 11.7 Å². The molecule has 1 heterocycles. The van der Waals surface area contributed by atoms with Gasteiger partial charge in [-0.25, -0.2) is 0 Å². The van der Waals surface area contributed by atoms with Crippen molar-refractivity contribution in [2.75, 3.05) is 27.4 Å². The minimum Gasteiger partial charge on any atom is -0.507 e. The maximum Gasteiger partial charge on any atom is 0.295 e. The van der Waals surface area contributed by atoms with Crippen LogP contribution in [0.2, 0.25) is 0 Å². The van der Waals surface area contributed by atoms with Crippen molar-refractivity contribution in [2.45, 2.75) is 32.9 Å². The van der Waals surface area contributed by atoms with Crippen LogP contribution in [0.25, 0.3) is 5.76 Å². The maximum absolute atomic E-state index is 13.0. The van der Waals surface area contributed by atoms with E-state index in [2.05, 4.69) is 0 Å². The number of ketones is 1. The summed E-state index contributed by atoms with van der Waals surface area (Å²) in [5.41, 5.74) is 1.57. The summed E-state index contributed by atoms with van der Waals surface area (Å²) in [5, 5.41) is 21.5. The molecule has 1 amide bonds. The third-order valence-electron chi connectivity index (χ3n) is 5.41. The molecule has 2 N–H and O–H groups in total. The summed E-state index contributed by atoms with van der Waals surface area (Å²) in [6, 6.07) is 8.79. The second-order valence-electron chi connectivity index (χ2n) is 8.06. The van der Waals surface area contributed by atoms with Crippen molar-refractivity contribution in [3.63, 3.8) is 0 Å². The number of phenolic OH excluding ortho intramolecular Hbond substituents is 1. The van der Waals surface area contributed by atoms with E-state index >= 15 is 0 Å². The van der Waals surface area contributed by atoms with Gasteiger partial charge in [-0.15, -0.1) is 0 Å². The highest BCUT2D eigenvalue weighted by Gasteiger charge is 2.46. The van der Waals surface area contributed by atoms with Crippen LogP contribution in [0.3, 0.4) is 0 Å². The predicted octanol–water partition coefficient (Wildman–Crippen LogP) is 3.56. The van der Waals surface area contributed by atoms with E-state index < -0.39 is 17.7 Å². The molecule has 2 aromatic rings. The first-order valence-corrected chi connectivity index (χ1v) is 10.6. The average molecular weight is 456 g/mol. The number of carbonyl (C=O) groups excluding carboxylic acids is 2. The Morgan fingerprint density at radius 1 is 1.09 bits per heavy atom. The van der Waals surface area contributed by atoms with E-state index in [1.807, 2.05) is 20.8 Å². The smallest absolute Gasteiger partial charge is 0.295 e. The minimum atomic E-state index is -0.899. The summed E-state index contributed by atoms with van der Waals surface area (Å²) in [5.74, 6) is -1.07. The van der Waals surface area contributed by atoms with Crippen molar-refractivity contribution in [1.29, 1.82) is 0 Å². The molecule has 1 fully saturated rings. The minimum absolute atomic E-state index is 0.0167. The number of aliphatic hydroxyl groups is 1. The van der Waals surface area contributed by atoms with Crippen LogP contribution in [-0.4, -0.2) is 60.3 Å². The van der Waals surface area contributed by atoms with Gasteiger partial charge in [0, 0.05) is 19.2 Å². The number of aryl methyl sites for hydroxylation is 1. The zero-order chi connectivity index (χ0) is 24.3. The number of hydrogen-bond donors (Lipinski definition) is 2. The topological polar surface area (TPSA) is 106 Å². The first kappa shape index (κ1) is 24.1. The Labute approximate surface area is 193 Å². The van der Waals surface area contributed by atoms with Crippen LogP contribution in [0.5, 0.6) is 17.2 Å². The Balaban J connectivity index is 2.14. The third kappa shape index (κ3) is 4.80. The van der Waals surface area contributed by atoms with Crippen molar-refractivity contribution in [3.05, 3.63) is 58.7 Å². The highest BCUT2D eigenvalue weighted by Crippen LogP contribution is 2.41. The number of hydrogen-bond acceptors (Lipinski definition) is 7. The number of Topliss-reactive ketones (excluding diaryl/α,β-unsaturated/α-hetero) is 1. The molecule has 1 aliphatic rings. The number of aliphatic hydroxyl groups excluding tert-OH is 1. The van der Waals surface area contributed by atoms with Crippen molar-refractivity contribution in [3.8, 4) is 17.2 Å². The van der Waals surface area contributed by atoms with Crippen LogP contribution >= 0.6 is 0 Å². The summed E-state index contributed by atoms with van der Waals surface area (Å²) >= 11 is 0. The Kier molecular flexibility index (Phi) is 7.28. The van der Waals surface area contributed by atoms with Crippen molar-refractivity contribution < 1.29 is 34.0 Å². The number of carbonyl (C=O) groups is 2. The van der Waals surface area contributed by atoms with Crippen LogP contribution in [0.15, 0.2) is 42.0 Å². The average Bonchev–Trinajstić information content (AvgIpc) is 3.03. The fraction of sp³-hybridized carbons (Fsp3) is 0.360. The molecule has 0 aliphatic carbocycles. The Morgan fingerprint density at radius 2 is 1.79 bits per heavy atom. The molecule has 3 rings (SSSR count). The molecule has 0 spiro atoms. The largest absolute Gasteiger partial charge is 0.507 e. The van der Waals surface area contributed by atoms with E-state index in [9.17, 15) is 19.8 Å². The lowest BCUT2D eigenvalue weighted by atomic mass is 9.94. The molecule has 176 valence electrons. The SMILES string of the molecule is COCCN1C(=O)C(=O)/C(=C(\O)c2ccc(OC(C)C)c(C)c2)C1c1ccc(OC)c(O)c1. The monoisotopic (exact) mass is 455 g/mol. The summed E-state index contributed by atoms with van der Waals surface area (Å²) in [6.45, 7) is 6.00. The van der Waals surface area contributed by atoms with E-state index in [1.165, 1.54) is 25.2 Å². The fourth-order valence-electron chi connectivity index (χ4n) is 3.86. The highest BCUT2D eigenvalue weighted by atomic mass is 16.5. The van der Waals surface area contributed by atoms with E-state index in [1.54, 1.807) is 30.3 Å². The summed E-state index contributed by atoms with van der Waals surface area (Å²) in [6.07, 6.45) is -0.0167. The summed E-state index contributed by atoms with van der Waals surface area (Å²) in [7, 11) is 2.92. The van der Waals surface area contributed by atoms with Gasteiger partial charge >= 0.3 is 0 Å². The van der Waals surface area contributed by atoms with Crippen molar-refractivity contribution in [2.24, 2.45) is 0 Å². The molecule has 0 bridgehead atoms. The molecule has 1 saturated heterocycles. The lowest BCUT2D eigenvalue weighted by Crippen LogP contribution is -2.32. The van der Waals surface area contributed by atoms with E-state index in [4.69, 9.17) is 14.2 Å². The van der Waals surface area contributed by atoms with Crippen molar-refractivity contribution in [1.82, 2.24) is 4.90 Å². The lowest BCUT2D eigenvalue weighted by molar-refractivity contribution is -0.140. The zero-order valence-corrected chi connectivity index (χ0v) is 19.4. The first-order valence-electron chi connectivity index (χ1n) is 10.6. The molecule has 0 saturated carbocycles. The highest BCUT2D eigenvalue weighted by molar-refractivity contribution is 6.46. The Hall–Kier alpha value is -3.52. The van der Waals surface area contributed by atoms with E-state index in [0.29, 0.717) is 16.9 Å². The molecule has 1 atom stereocenters. The fourth-order valence-corrected chi connectivity index (χ4v) is 3.86. The van der Waals surface area contributed by atoms with E-state index in [0.717, 1.165) is 5.56 Å². The number of rotatable bonds is 8. The van der Waals surface area contributed by atoms with Gasteiger partial charge < -0.3 is 29.3 Å². The first-order chi connectivity index (χ1) is 15.7. The zero-order valence-electron chi connectivity index (χ0n) is 19.4. The number of phenols is 1. The van der Waals surface area contributed by atoms with Gasteiger partial charge in [-0.05, 0) is 62.2 Å². The number of aromatic hydroxyl groups is 1. The van der Waals surface area contributed by atoms with Crippen LogP contribution in [0.4, 0.5) is 0 Å². The maximum atomic E-state index is 13.0. The number of nitrogens with zero attached hydrogens (tertiary/aromatic N) is 1. The van der Waals surface area contributed by atoms with Gasteiger partial charge in [-0.3, -0.25) is 9.59 Å². The van der Waals surface area contributed by atoms with Crippen LogP contribution in [0, 0.1) is 6.92 Å². The van der Waals surface area contributed by atoms with Crippen LogP contribution in [0.1, 0.15) is 36.6 Å². The molecule has 0 radical (unpaired) electrons. The summed E-state index contributed by atoms with van der Waals surface area (Å²) in [4.78, 5) is 27.2. The molecular formula is C25H29NO7. The van der Waals surface area contributed by atoms with Gasteiger partial charge in [0.15, 0.2) is 11.5 Å². The van der Waals surface area contributed by atoms with Gasteiger partial charge in [0.2, 0.25) is 0 Å². The lowest BCUT2D eigenvalue weighted by Gasteiger charge is -2.25. The number of benzene rings is 2. The molecule has 33 heavy (non-hydrogen) atoms. The number of methoxy groups -OCH3 is 2. The molecule has 0 aromatic heterocycles. The molecule has 1 unspecified atom stereocenters. The quantitative estimate of drug-likeness (QED) is 0.356. The van der Waals surface area contributed by atoms with E-state index in [-0.39, 0.29) is 42.1 Å². The van der Waals surface area contributed by atoms with Crippen LogP contribution < -0.4 is 9.47 Å². The molecule has 8 heteroatoms. The predicted molar refractivity (Wildman–Crippen MR) is 122 cm³/mol. The number of amides is 1. The standard InChI is InChI=1S/C25H29NO7/c1-14(2)33-19-8-7-17(12-15(19)3)23(28)21-22(16-6-9-20(32-5)18(27)13-16)26(10-11-31-4)25(30)24(21)29/h6-9,12-14,22,27-28H,10-11H2,1-5H3/b23-21-. The summed E-state index contributed by atoms with van der Waals surface area (Å²) < 4.78 is 16.0. The Morgan fingerprint density at radius 3 is 2.36 bits per heavy atom. The molecule has 2 aromatic carbocycles. The third-order valence-corrected chi connectivity index (χ3v) is 5.41. The van der Waals surface area contributed by atoms with Gasteiger partial charge in [-0.1, -0.05) is 6.07 Å². The van der Waals surface area contributed by atoms with Crippen LogP contribution in [-0.2, 0) is 14.3 Å². The second kappa shape index (κ2) is 9.95. The van der Waals surface area contributed by atoms with Gasteiger partial charge in [-0.2, -0.15) is 0 Å². The molecular weight excluding hydrogens is 426 g/mol.